The predicted molar refractivity (Wildman–Crippen MR) is 80.5 cm³/mol. The van der Waals surface area contributed by atoms with E-state index in [4.69, 9.17) is 9.47 Å². The van der Waals surface area contributed by atoms with Gasteiger partial charge in [0.05, 0.1) is 25.6 Å². The van der Waals surface area contributed by atoms with Crippen LogP contribution in [-0.2, 0) is 0 Å². The van der Waals surface area contributed by atoms with Gasteiger partial charge in [0.2, 0.25) is 0 Å². The molecule has 5 nitrogen and oxygen atoms in total. The first-order chi connectivity index (χ1) is 10.2. The molecule has 110 valence electrons. The fraction of sp³-hybridized carbons (Fsp3) is 0.200. The molecule has 0 aliphatic rings. The second-order valence-electron chi connectivity index (χ2n) is 4.15. The van der Waals surface area contributed by atoms with Gasteiger partial charge in [-0.1, -0.05) is 6.07 Å². The van der Waals surface area contributed by atoms with Crippen LogP contribution in [0.1, 0.15) is 20.0 Å². The van der Waals surface area contributed by atoms with Gasteiger partial charge < -0.3 is 14.8 Å². The molecule has 0 atom stereocenters. The highest BCUT2D eigenvalue weighted by Gasteiger charge is 2.13. The Morgan fingerprint density at radius 3 is 2.52 bits per heavy atom. The second kappa shape index (κ2) is 6.90. The van der Waals surface area contributed by atoms with Crippen molar-refractivity contribution in [3.63, 3.8) is 0 Å². The summed E-state index contributed by atoms with van der Waals surface area (Å²) in [5.74, 6) is 0.568. The third-order valence-electron chi connectivity index (χ3n) is 2.85. The van der Waals surface area contributed by atoms with Crippen molar-refractivity contribution in [1.29, 1.82) is 0 Å². The maximum atomic E-state index is 12.0. The molecule has 1 aromatic carbocycles. The molecule has 0 unspecified atom stereocenters. The van der Waals surface area contributed by atoms with Crippen LogP contribution >= 0.6 is 11.3 Å². The number of carbonyl (C=O) groups is 2. The molecule has 1 aromatic heterocycles. The number of ether oxygens (including phenoxy) is 2. The Morgan fingerprint density at radius 2 is 1.90 bits per heavy atom. The van der Waals surface area contributed by atoms with E-state index < -0.39 is 0 Å². The number of hydrogen-bond donors (Lipinski definition) is 1. The summed E-state index contributed by atoms with van der Waals surface area (Å²) >= 11 is 1.35. The van der Waals surface area contributed by atoms with Gasteiger partial charge in [0.1, 0.15) is 0 Å². The van der Waals surface area contributed by atoms with Gasteiger partial charge in [-0.15, -0.1) is 11.3 Å². The van der Waals surface area contributed by atoms with Crippen LogP contribution < -0.4 is 14.8 Å². The van der Waals surface area contributed by atoms with E-state index in [1.54, 1.807) is 30.3 Å². The molecule has 6 heteroatoms. The lowest BCUT2D eigenvalue weighted by molar-refractivity contribution is 0.0905. The van der Waals surface area contributed by atoms with Crippen molar-refractivity contribution >= 4 is 23.0 Å². The zero-order valence-electron chi connectivity index (χ0n) is 11.7. The van der Waals surface area contributed by atoms with E-state index >= 15 is 0 Å². The van der Waals surface area contributed by atoms with E-state index in [9.17, 15) is 9.59 Å². The van der Waals surface area contributed by atoms with Crippen LogP contribution in [0.5, 0.6) is 11.5 Å². The van der Waals surface area contributed by atoms with E-state index in [1.807, 2.05) is 5.38 Å². The van der Waals surface area contributed by atoms with Crippen molar-refractivity contribution in [2.75, 3.05) is 20.8 Å². The van der Waals surface area contributed by atoms with Gasteiger partial charge in [-0.25, -0.2) is 0 Å². The van der Waals surface area contributed by atoms with Crippen LogP contribution in [0.25, 0.3) is 0 Å². The van der Waals surface area contributed by atoms with E-state index in [0.29, 0.717) is 21.9 Å². The lowest BCUT2D eigenvalue weighted by Crippen LogP contribution is -2.29. The van der Waals surface area contributed by atoms with Crippen molar-refractivity contribution in [3.8, 4) is 11.5 Å². The van der Waals surface area contributed by atoms with Gasteiger partial charge in [0.25, 0.3) is 5.91 Å². The lowest BCUT2D eigenvalue weighted by atomic mass is 10.2. The van der Waals surface area contributed by atoms with Gasteiger partial charge in [0.15, 0.2) is 17.3 Å². The molecular formula is C15H15NO4S. The number of rotatable bonds is 6. The van der Waals surface area contributed by atoms with Crippen LogP contribution in [-0.4, -0.2) is 32.5 Å². The largest absolute Gasteiger partial charge is 0.493 e. The molecule has 21 heavy (non-hydrogen) atoms. The third-order valence-corrected chi connectivity index (χ3v) is 3.76. The highest BCUT2D eigenvalue weighted by molar-refractivity contribution is 7.12. The number of nitrogens with one attached hydrogen (secondary N) is 1. The summed E-state index contributed by atoms with van der Waals surface area (Å²) in [7, 11) is 3.02. The quantitative estimate of drug-likeness (QED) is 0.832. The van der Waals surface area contributed by atoms with E-state index in [2.05, 4.69) is 5.32 Å². The summed E-state index contributed by atoms with van der Waals surface area (Å²) in [6.45, 7) is -0.0340. The molecule has 0 bridgehead atoms. The van der Waals surface area contributed by atoms with E-state index in [1.165, 1.54) is 25.6 Å². The average molecular weight is 305 g/mol. The molecule has 0 radical (unpaired) electrons. The summed E-state index contributed by atoms with van der Waals surface area (Å²) < 4.78 is 10.2. The molecule has 1 N–H and O–H groups in total. The first-order valence-corrected chi connectivity index (χ1v) is 7.10. The van der Waals surface area contributed by atoms with Crippen LogP contribution in [0.4, 0.5) is 0 Å². The highest BCUT2D eigenvalue weighted by Crippen LogP contribution is 2.27. The molecule has 0 fully saturated rings. The Morgan fingerprint density at radius 1 is 1.14 bits per heavy atom. The minimum atomic E-state index is -0.333. The Labute approximate surface area is 126 Å². The topological polar surface area (TPSA) is 64.6 Å². The van der Waals surface area contributed by atoms with Gasteiger partial charge in [-0.3, -0.25) is 9.59 Å². The lowest BCUT2D eigenvalue weighted by Gasteiger charge is -2.09. The summed E-state index contributed by atoms with van der Waals surface area (Å²) in [6, 6.07) is 8.37. The standard InChI is InChI=1S/C15H15NO4S/c1-19-12-6-5-10(8-13(12)20-2)15(18)16-9-11(17)14-4-3-7-21-14/h3-8H,9H2,1-2H3,(H,16,18). The van der Waals surface area contributed by atoms with Gasteiger partial charge >= 0.3 is 0 Å². The van der Waals surface area contributed by atoms with Crippen molar-refractivity contribution in [3.05, 3.63) is 46.2 Å². The summed E-state index contributed by atoms with van der Waals surface area (Å²) in [5.41, 5.74) is 0.409. The number of benzene rings is 1. The van der Waals surface area contributed by atoms with Crippen LogP contribution in [0.2, 0.25) is 0 Å². The molecule has 0 aliphatic carbocycles. The smallest absolute Gasteiger partial charge is 0.251 e. The second-order valence-corrected chi connectivity index (χ2v) is 5.10. The predicted octanol–water partition coefficient (Wildman–Crippen LogP) is 2.38. The first kappa shape index (κ1) is 15.1. The van der Waals surface area contributed by atoms with Crippen molar-refractivity contribution in [1.82, 2.24) is 5.32 Å². The highest BCUT2D eigenvalue weighted by atomic mass is 32.1. The molecule has 0 aliphatic heterocycles. The third kappa shape index (κ3) is 3.61. The molecule has 1 heterocycles. The maximum absolute atomic E-state index is 12.0. The Hall–Kier alpha value is -2.34. The van der Waals surface area contributed by atoms with Crippen LogP contribution in [0, 0.1) is 0 Å². The van der Waals surface area contributed by atoms with Crippen LogP contribution in [0.3, 0.4) is 0 Å². The van der Waals surface area contributed by atoms with Crippen molar-refractivity contribution in [2.45, 2.75) is 0 Å². The fourth-order valence-electron chi connectivity index (χ4n) is 1.76. The minimum absolute atomic E-state index is 0.0340. The molecule has 0 spiro atoms. The van der Waals surface area contributed by atoms with Crippen molar-refractivity contribution in [2.24, 2.45) is 0 Å². The summed E-state index contributed by atoms with van der Waals surface area (Å²) in [5, 5.41) is 4.42. The average Bonchev–Trinajstić information content (AvgIpc) is 3.06. The van der Waals surface area contributed by atoms with Gasteiger partial charge in [-0.2, -0.15) is 0 Å². The number of Topliss-reactive ketones (excluding diaryl/α,β-unsaturated/α-hetero) is 1. The Bertz CT molecular complexity index is 637. The van der Waals surface area contributed by atoms with E-state index in [0.717, 1.165) is 0 Å². The Kier molecular flexibility index (Phi) is 4.94. The van der Waals surface area contributed by atoms with E-state index in [-0.39, 0.29) is 18.2 Å². The zero-order valence-corrected chi connectivity index (χ0v) is 12.5. The maximum Gasteiger partial charge on any atom is 0.251 e. The number of methoxy groups -OCH3 is 2. The van der Waals surface area contributed by atoms with Gasteiger partial charge in [0, 0.05) is 5.56 Å². The monoisotopic (exact) mass is 305 g/mol. The zero-order chi connectivity index (χ0) is 15.2. The van der Waals surface area contributed by atoms with Gasteiger partial charge in [-0.05, 0) is 29.6 Å². The summed E-state index contributed by atoms with van der Waals surface area (Å²) in [4.78, 5) is 24.5. The first-order valence-electron chi connectivity index (χ1n) is 6.22. The molecule has 0 saturated carbocycles. The molecule has 1 amide bonds. The number of ketones is 1. The molecule has 0 saturated heterocycles. The summed E-state index contributed by atoms with van der Waals surface area (Å²) in [6.07, 6.45) is 0. The normalized spacial score (nSPS) is 10.0. The molecular weight excluding hydrogens is 290 g/mol. The Balaban J connectivity index is 2.02. The number of thiophene rings is 1. The van der Waals surface area contributed by atoms with Crippen molar-refractivity contribution < 1.29 is 19.1 Å². The SMILES string of the molecule is COc1ccc(C(=O)NCC(=O)c2cccs2)cc1OC. The fourth-order valence-corrected chi connectivity index (χ4v) is 2.43. The molecule has 2 rings (SSSR count). The minimum Gasteiger partial charge on any atom is -0.493 e. The number of carbonyl (C=O) groups excluding carboxylic acids is 2. The molecule has 2 aromatic rings. The van der Waals surface area contributed by atoms with Crippen LogP contribution in [0.15, 0.2) is 35.7 Å². The number of hydrogen-bond acceptors (Lipinski definition) is 5. The number of amides is 1.